The molecule has 5 rings (SSSR count). The molecule has 1 aliphatic rings. The number of aromatic nitrogens is 5. The van der Waals surface area contributed by atoms with Crippen molar-refractivity contribution in [3.05, 3.63) is 58.5 Å². The Morgan fingerprint density at radius 3 is 2.67 bits per heavy atom. The first kappa shape index (κ1) is 21.6. The van der Waals surface area contributed by atoms with Crippen molar-refractivity contribution in [3.8, 4) is 6.01 Å². The summed E-state index contributed by atoms with van der Waals surface area (Å²) in [6.07, 6.45) is -2.61. The number of hydrogen-bond donors (Lipinski definition) is 0. The highest BCUT2D eigenvalue weighted by molar-refractivity contribution is 7.18. The lowest BCUT2D eigenvalue weighted by molar-refractivity contribution is -0.147. The van der Waals surface area contributed by atoms with Gasteiger partial charge in [0.1, 0.15) is 17.3 Å². The molecule has 0 saturated carbocycles. The van der Waals surface area contributed by atoms with Gasteiger partial charge in [0.15, 0.2) is 5.82 Å². The number of aryl methyl sites for hydroxylation is 1. The maximum Gasteiger partial charge on any atom is 0.451 e. The molecule has 0 fully saturated rings. The molecule has 0 aliphatic carbocycles. The maximum atomic E-state index is 13.2. The second-order valence-corrected chi connectivity index (χ2v) is 8.91. The first-order valence-corrected chi connectivity index (χ1v) is 11.5. The minimum atomic E-state index is -4.53. The van der Waals surface area contributed by atoms with Crippen molar-refractivity contribution >= 4 is 27.4 Å². The van der Waals surface area contributed by atoms with E-state index in [0.717, 1.165) is 33.2 Å². The summed E-state index contributed by atoms with van der Waals surface area (Å²) >= 11 is 1.59. The molecule has 0 spiro atoms. The molecule has 3 aromatic heterocycles. The largest absolute Gasteiger partial charge is 0.459 e. The quantitative estimate of drug-likeness (QED) is 0.398. The van der Waals surface area contributed by atoms with Crippen LogP contribution in [0.15, 0.2) is 36.4 Å². The highest BCUT2D eigenvalue weighted by atomic mass is 32.1. The summed E-state index contributed by atoms with van der Waals surface area (Å²) in [5, 5.41) is 8.04. The third kappa shape index (κ3) is 4.37. The first-order valence-electron chi connectivity index (χ1n) is 10.6. The Morgan fingerprint density at radius 1 is 1.09 bits per heavy atom. The minimum absolute atomic E-state index is 0.120. The number of nitrogens with zero attached hydrogens (tertiary/aromatic N) is 6. The van der Waals surface area contributed by atoms with Gasteiger partial charge in [-0.2, -0.15) is 23.1 Å². The molecule has 0 radical (unpaired) electrons. The van der Waals surface area contributed by atoms with Crippen LogP contribution in [0.3, 0.4) is 0 Å². The molecule has 11 heteroatoms. The van der Waals surface area contributed by atoms with Gasteiger partial charge < -0.3 is 14.2 Å². The Hall–Kier alpha value is -3.21. The zero-order valence-electron chi connectivity index (χ0n) is 17.8. The van der Waals surface area contributed by atoms with E-state index >= 15 is 0 Å². The molecule has 0 bridgehead atoms. The second kappa shape index (κ2) is 8.62. The van der Waals surface area contributed by atoms with Gasteiger partial charge in [0.05, 0.1) is 11.9 Å². The SMILES string of the molecule is CCCc1cc2c(N3CCn4c(nnc4C(F)(F)F)C3)nc(OCc3ccccc3)nc2s1. The summed E-state index contributed by atoms with van der Waals surface area (Å²) < 4.78 is 46.7. The highest BCUT2D eigenvalue weighted by Gasteiger charge is 2.39. The van der Waals surface area contributed by atoms with Crippen LogP contribution in [0.5, 0.6) is 6.01 Å². The summed E-state index contributed by atoms with van der Waals surface area (Å²) in [5.74, 6) is -0.0572. The monoisotopic (exact) mass is 474 g/mol. The number of fused-ring (bicyclic) bond motifs is 2. The van der Waals surface area contributed by atoms with Crippen molar-refractivity contribution in [2.75, 3.05) is 11.4 Å². The molecule has 172 valence electrons. The van der Waals surface area contributed by atoms with E-state index in [-0.39, 0.29) is 24.9 Å². The van der Waals surface area contributed by atoms with Crippen molar-refractivity contribution in [2.24, 2.45) is 0 Å². The number of rotatable bonds is 6. The average Bonchev–Trinajstić information content (AvgIpc) is 3.41. The van der Waals surface area contributed by atoms with E-state index in [0.29, 0.717) is 19.0 Å². The molecule has 1 aromatic carbocycles. The van der Waals surface area contributed by atoms with Crippen molar-refractivity contribution in [1.82, 2.24) is 24.7 Å². The molecule has 0 unspecified atom stereocenters. The summed E-state index contributed by atoms with van der Waals surface area (Å²) in [6.45, 7) is 3.07. The molecule has 0 N–H and O–H groups in total. The van der Waals surface area contributed by atoms with Gasteiger partial charge in [-0.15, -0.1) is 21.5 Å². The van der Waals surface area contributed by atoms with Crippen LogP contribution in [0.4, 0.5) is 19.0 Å². The first-order chi connectivity index (χ1) is 15.9. The number of benzene rings is 1. The van der Waals surface area contributed by atoms with E-state index in [1.54, 1.807) is 11.3 Å². The third-order valence-corrected chi connectivity index (χ3v) is 6.51. The molecular weight excluding hydrogens is 453 g/mol. The van der Waals surface area contributed by atoms with Gasteiger partial charge >= 0.3 is 12.2 Å². The van der Waals surface area contributed by atoms with E-state index in [1.807, 2.05) is 35.2 Å². The van der Waals surface area contributed by atoms with Gasteiger partial charge in [0.2, 0.25) is 5.82 Å². The molecule has 33 heavy (non-hydrogen) atoms. The van der Waals surface area contributed by atoms with Crippen LogP contribution in [0.25, 0.3) is 10.2 Å². The van der Waals surface area contributed by atoms with E-state index in [9.17, 15) is 13.2 Å². The van der Waals surface area contributed by atoms with Crippen molar-refractivity contribution in [1.29, 1.82) is 0 Å². The smallest absolute Gasteiger partial charge is 0.451 e. The van der Waals surface area contributed by atoms with E-state index in [1.165, 1.54) is 4.88 Å². The van der Waals surface area contributed by atoms with Crippen molar-refractivity contribution < 1.29 is 17.9 Å². The molecule has 4 aromatic rings. The second-order valence-electron chi connectivity index (χ2n) is 7.80. The number of thiophene rings is 1. The summed E-state index contributed by atoms with van der Waals surface area (Å²) in [7, 11) is 0. The molecule has 7 nitrogen and oxygen atoms in total. The molecule has 1 aliphatic heterocycles. The van der Waals surface area contributed by atoms with Crippen LogP contribution < -0.4 is 9.64 Å². The molecule has 0 amide bonds. The Bertz CT molecular complexity index is 1270. The van der Waals surface area contributed by atoms with Crippen LogP contribution in [0.2, 0.25) is 0 Å². The standard InChI is InChI=1S/C22H21F3N6OS/c1-2-6-15-11-16-18(30-9-10-31-17(12-30)28-29-20(31)22(23,24)25)26-21(27-19(16)33-15)32-13-14-7-4-3-5-8-14/h3-5,7-8,11H,2,6,9-10,12-13H2,1H3. The van der Waals surface area contributed by atoms with Gasteiger partial charge in [-0.25, -0.2) is 0 Å². The highest BCUT2D eigenvalue weighted by Crippen LogP contribution is 2.36. The van der Waals surface area contributed by atoms with Crippen molar-refractivity contribution in [2.45, 2.75) is 45.6 Å². The van der Waals surface area contributed by atoms with E-state index < -0.39 is 12.0 Å². The Labute approximate surface area is 191 Å². The lowest BCUT2D eigenvalue weighted by atomic mass is 10.2. The van der Waals surface area contributed by atoms with Crippen LogP contribution in [0.1, 0.15) is 35.4 Å². The topological polar surface area (TPSA) is 69.0 Å². The van der Waals surface area contributed by atoms with Gasteiger partial charge in [-0.3, -0.25) is 0 Å². The zero-order chi connectivity index (χ0) is 23.0. The van der Waals surface area contributed by atoms with Crippen molar-refractivity contribution in [3.63, 3.8) is 0 Å². The fourth-order valence-corrected chi connectivity index (χ4v) is 5.00. The number of anilines is 1. The summed E-state index contributed by atoms with van der Waals surface area (Å²) in [5.41, 5.74) is 0.992. The van der Waals surface area contributed by atoms with Crippen LogP contribution in [0, 0.1) is 0 Å². The number of halogens is 3. The maximum absolute atomic E-state index is 13.2. The normalized spacial score (nSPS) is 14.0. The molecule has 4 heterocycles. The minimum Gasteiger partial charge on any atom is -0.459 e. The van der Waals surface area contributed by atoms with Gasteiger partial charge in [-0.1, -0.05) is 43.7 Å². The molecule has 0 atom stereocenters. The predicted molar refractivity (Wildman–Crippen MR) is 118 cm³/mol. The van der Waals surface area contributed by atoms with Crippen LogP contribution in [-0.2, 0) is 32.3 Å². The lowest BCUT2D eigenvalue weighted by Crippen LogP contribution is -2.36. The Kier molecular flexibility index (Phi) is 5.65. The van der Waals surface area contributed by atoms with E-state index in [4.69, 9.17) is 4.74 Å². The Morgan fingerprint density at radius 2 is 1.91 bits per heavy atom. The molecular formula is C22H21F3N6OS. The van der Waals surface area contributed by atoms with Gasteiger partial charge in [-0.05, 0) is 18.1 Å². The number of ether oxygens (including phenoxy) is 1. The van der Waals surface area contributed by atoms with Gasteiger partial charge in [0.25, 0.3) is 0 Å². The van der Waals surface area contributed by atoms with E-state index in [2.05, 4.69) is 33.2 Å². The number of hydrogen-bond acceptors (Lipinski definition) is 7. The van der Waals surface area contributed by atoms with Crippen LogP contribution >= 0.6 is 11.3 Å². The van der Waals surface area contributed by atoms with Gasteiger partial charge in [0, 0.05) is 18.0 Å². The fourth-order valence-electron chi connectivity index (χ4n) is 3.88. The lowest BCUT2D eigenvalue weighted by Gasteiger charge is -2.29. The summed E-state index contributed by atoms with van der Waals surface area (Å²) in [4.78, 5) is 13.2. The Balaban J connectivity index is 1.48. The summed E-state index contributed by atoms with van der Waals surface area (Å²) in [6, 6.07) is 12.0. The predicted octanol–water partition coefficient (Wildman–Crippen LogP) is 4.85. The molecule has 0 saturated heterocycles. The third-order valence-electron chi connectivity index (χ3n) is 5.42. The zero-order valence-corrected chi connectivity index (χ0v) is 18.7. The number of alkyl halides is 3. The average molecular weight is 475 g/mol. The fraction of sp³-hybridized carbons (Fsp3) is 0.364. The van der Waals surface area contributed by atoms with Crippen LogP contribution in [-0.4, -0.2) is 31.3 Å².